The van der Waals surface area contributed by atoms with E-state index in [0.717, 1.165) is 31.0 Å². The second-order valence-electron chi connectivity index (χ2n) is 6.88. The van der Waals surface area contributed by atoms with Crippen LogP contribution >= 0.6 is 0 Å². The first kappa shape index (κ1) is 17.3. The van der Waals surface area contributed by atoms with Gasteiger partial charge in [0, 0.05) is 37.1 Å². The van der Waals surface area contributed by atoms with Crippen molar-refractivity contribution in [2.24, 2.45) is 5.92 Å². The summed E-state index contributed by atoms with van der Waals surface area (Å²) in [5, 5.41) is 10.0. The number of aromatic amines is 1. The Labute approximate surface area is 148 Å². The molecule has 0 bridgehead atoms. The van der Waals surface area contributed by atoms with Crippen molar-refractivity contribution >= 4 is 11.6 Å². The fourth-order valence-electron chi connectivity index (χ4n) is 3.12. The van der Waals surface area contributed by atoms with Crippen LogP contribution in [-0.2, 0) is 0 Å². The Morgan fingerprint density at radius 1 is 1.44 bits per heavy atom. The van der Waals surface area contributed by atoms with Crippen LogP contribution in [0.5, 0.6) is 5.75 Å². The molecule has 2 aromatic rings. The lowest BCUT2D eigenvalue weighted by atomic mass is 10.1. The molecule has 1 atom stereocenters. The first-order valence-corrected chi connectivity index (χ1v) is 8.79. The number of ether oxygens (including phenoxy) is 1. The second-order valence-corrected chi connectivity index (χ2v) is 6.88. The molecule has 1 aliphatic rings. The number of aromatic nitrogens is 2. The fraction of sp³-hybridized carbons (Fsp3) is 0.474. The van der Waals surface area contributed by atoms with Gasteiger partial charge in [0.1, 0.15) is 11.4 Å². The van der Waals surface area contributed by atoms with E-state index in [2.05, 4.69) is 46.4 Å². The Morgan fingerprint density at radius 3 is 3.00 bits per heavy atom. The number of benzene rings is 1. The molecule has 0 spiro atoms. The van der Waals surface area contributed by atoms with Gasteiger partial charge in [-0.05, 0) is 36.5 Å². The van der Waals surface area contributed by atoms with Crippen LogP contribution in [0.3, 0.4) is 0 Å². The highest BCUT2D eigenvalue weighted by molar-refractivity contribution is 5.92. The van der Waals surface area contributed by atoms with E-state index in [1.54, 1.807) is 7.11 Å². The highest BCUT2D eigenvalue weighted by Crippen LogP contribution is 2.26. The van der Waals surface area contributed by atoms with Gasteiger partial charge < -0.3 is 15.0 Å². The van der Waals surface area contributed by atoms with E-state index < -0.39 is 0 Å². The van der Waals surface area contributed by atoms with Crippen molar-refractivity contribution in [3.05, 3.63) is 41.7 Å². The summed E-state index contributed by atoms with van der Waals surface area (Å²) < 4.78 is 5.29. The predicted molar refractivity (Wildman–Crippen MR) is 98.3 cm³/mol. The summed E-state index contributed by atoms with van der Waals surface area (Å²) in [6.45, 7) is 6.74. The van der Waals surface area contributed by atoms with Gasteiger partial charge in [-0.1, -0.05) is 19.9 Å². The molecule has 1 aromatic carbocycles. The van der Waals surface area contributed by atoms with Crippen molar-refractivity contribution in [3.63, 3.8) is 0 Å². The van der Waals surface area contributed by atoms with Crippen LogP contribution in [0.1, 0.15) is 42.4 Å². The van der Waals surface area contributed by atoms with E-state index in [4.69, 9.17) is 4.74 Å². The molecule has 0 radical (unpaired) electrons. The molecular weight excluding hydrogens is 316 g/mol. The van der Waals surface area contributed by atoms with Crippen molar-refractivity contribution in [1.29, 1.82) is 0 Å². The van der Waals surface area contributed by atoms with E-state index in [0.29, 0.717) is 24.1 Å². The molecule has 25 heavy (non-hydrogen) atoms. The average molecular weight is 342 g/mol. The number of hydrogen-bond acceptors (Lipinski definition) is 4. The van der Waals surface area contributed by atoms with Crippen LogP contribution in [0.15, 0.2) is 30.3 Å². The van der Waals surface area contributed by atoms with Crippen LogP contribution in [0, 0.1) is 5.92 Å². The Balaban J connectivity index is 1.51. The number of H-pyrrole nitrogens is 1. The molecule has 1 aromatic heterocycles. The summed E-state index contributed by atoms with van der Waals surface area (Å²) in [6.07, 6.45) is 1.06. The SMILES string of the molecule is COc1cccc(N2CCC(CNC(=O)c3cc(C(C)C)[nH]n3)C2)c1. The average Bonchev–Trinajstić information content (AvgIpc) is 3.29. The molecular formula is C19H26N4O2. The van der Waals surface area contributed by atoms with Crippen molar-refractivity contribution in [2.45, 2.75) is 26.2 Å². The highest BCUT2D eigenvalue weighted by atomic mass is 16.5. The number of nitrogens with zero attached hydrogens (tertiary/aromatic N) is 2. The number of nitrogens with one attached hydrogen (secondary N) is 2. The summed E-state index contributed by atoms with van der Waals surface area (Å²) in [7, 11) is 1.68. The topological polar surface area (TPSA) is 70.2 Å². The van der Waals surface area contributed by atoms with Crippen molar-refractivity contribution in [3.8, 4) is 5.75 Å². The third-order valence-electron chi connectivity index (χ3n) is 4.71. The zero-order valence-corrected chi connectivity index (χ0v) is 15.1. The zero-order chi connectivity index (χ0) is 17.8. The quantitative estimate of drug-likeness (QED) is 0.847. The minimum atomic E-state index is -0.108. The van der Waals surface area contributed by atoms with Gasteiger partial charge in [0.05, 0.1) is 7.11 Å². The van der Waals surface area contributed by atoms with Crippen LogP contribution in [-0.4, -0.2) is 42.8 Å². The van der Waals surface area contributed by atoms with Gasteiger partial charge in [-0.2, -0.15) is 5.10 Å². The van der Waals surface area contributed by atoms with Gasteiger partial charge in [-0.3, -0.25) is 9.89 Å². The summed E-state index contributed by atoms with van der Waals surface area (Å²) in [4.78, 5) is 14.6. The van der Waals surface area contributed by atoms with E-state index >= 15 is 0 Å². The van der Waals surface area contributed by atoms with E-state index in [-0.39, 0.29) is 5.91 Å². The van der Waals surface area contributed by atoms with Gasteiger partial charge in [0.25, 0.3) is 5.91 Å². The number of hydrogen-bond donors (Lipinski definition) is 2. The highest BCUT2D eigenvalue weighted by Gasteiger charge is 2.24. The van der Waals surface area contributed by atoms with Gasteiger partial charge in [-0.15, -0.1) is 0 Å². The van der Waals surface area contributed by atoms with Crippen LogP contribution < -0.4 is 15.0 Å². The first-order chi connectivity index (χ1) is 12.1. The van der Waals surface area contributed by atoms with Gasteiger partial charge in [0.15, 0.2) is 0 Å². The maximum absolute atomic E-state index is 12.2. The Bertz CT molecular complexity index is 726. The van der Waals surface area contributed by atoms with Crippen LogP contribution in [0.4, 0.5) is 5.69 Å². The van der Waals surface area contributed by atoms with E-state index in [9.17, 15) is 4.79 Å². The number of amides is 1. The molecule has 3 rings (SSSR count). The number of carbonyl (C=O) groups is 1. The lowest BCUT2D eigenvalue weighted by Gasteiger charge is -2.19. The number of methoxy groups -OCH3 is 1. The van der Waals surface area contributed by atoms with Crippen LogP contribution in [0.2, 0.25) is 0 Å². The normalized spacial score (nSPS) is 17.1. The maximum atomic E-state index is 12.2. The summed E-state index contributed by atoms with van der Waals surface area (Å²) in [5.74, 6) is 1.54. The van der Waals surface area contributed by atoms with Crippen molar-refractivity contribution in [2.75, 3.05) is 31.6 Å². The molecule has 1 aliphatic heterocycles. The molecule has 134 valence electrons. The van der Waals surface area contributed by atoms with E-state index in [1.165, 1.54) is 5.69 Å². The minimum absolute atomic E-state index is 0.108. The summed E-state index contributed by atoms with van der Waals surface area (Å²) in [6, 6.07) is 9.94. The Morgan fingerprint density at radius 2 is 2.28 bits per heavy atom. The first-order valence-electron chi connectivity index (χ1n) is 8.79. The monoisotopic (exact) mass is 342 g/mol. The van der Waals surface area contributed by atoms with Gasteiger partial charge >= 0.3 is 0 Å². The number of anilines is 1. The molecule has 1 saturated heterocycles. The maximum Gasteiger partial charge on any atom is 0.271 e. The molecule has 0 aliphatic carbocycles. The molecule has 1 unspecified atom stereocenters. The fourth-order valence-corrected chi connectivity index (χ4v) is 3.12. The predicted octanol–water partition coefficient (Wildman–Crippen LogP) is 2.80. The third-order valence-corrected chi connectivity index (χ3v) is 4.71. The number of rotatable bonds is 6. The number of carbonyl (C=O) groups excluding carboxylic acids is 1. The standard InChI is InChI=1S/C19H26N4O2/c1-13(2)17-10-18(22-21-17)19(24)20-11-14-7-8-23(12-14)15-5-4-6-16(9-15)25-3/h4-6,9-10,13-14H,7-8,11-12H2,1-3H3,(H,20,24)(H,21,22). The molecule has 1 amide bonds. The smallest absolute Gasteiger partial charge is 0.271 e. The summed E-state index contributed by atoms with van der Waals surface area (Å²) >= 11 is 0. The lowest BCUT2D eigenvalue weighted by molar-refractivity contribution is 0.0943. The summed E-state index contributed by atoms with van der Waals surface area (Å²) in [5.41, 5.74) is 2.61. The van der Waals surface area contributed by atoms with Crippen molar-refractivity contribution in [1.82, 2.24) is 15.5 Å². The molecule has 6 nitrogen and oxygen atoms in total. The van der Waals surface area contributed by atoms with Crippen molar-refractivity contribution < 1.29 is 9.53 Å². The molecule has 6 heteroatoms. The Kier molecular flexibility index (Phi) is 5.26. The molecule has 0 saturated carbocycles. The zero-order valence-electron chi connectivity index (χ0n) is 15.1. The molecule has 2 heterocycles. The largest absolute Gasteiger partial charge is 0.497 e. The Hall–Kier alpha value is -2.50. The lowest BCUT2D eigenvalue weighted by Crippen LogP contribution is -2.31. The third kappa shape index (κ3) is 4.13. The molecule has 2 N–H and O–H groups in total. The van der Waals surface area contributed by atoms with Crippen LogP contribution in [0.25, 0.3) is 0 Å². The molecule has 1 fully saturated rings. The minimum Gasteiger partial charge on any atom is -0.497 e. The second kappa shape index (κ2) is 7.59. The van der Waals surface area contributed by atoms with Gasteiger partial charge in [-0.25, -0.2) is 0 Å². The van der Waals surface area contributed by atoms with Gasteiger partial charge in [0.2, 0.25) is 0 Å². The van der Waals surface area contributed by atoms with E-state index in [1.807, 2.05) is 18.2 Å².